The van der Waals surface area contributed by atoms with Crippen molar-refractivity contribution in [3.05, 3.63) is 88.2 Å². The summed E-state index contributed by atoms with van der Waals surface area (Å²) in [5.74, 6) is 0.0305. The third kappa shape index (κ3) is 5.70. The summed E-state index contributed by atoms with van der Waals surface area (Å²) in [5, 5.41) is 14.7. The number of nitrogens with one attached hydrogen (secondary N) is 1. The molecule has 178 valence electrons. The Labute approximate surface area is 206 Å². The molecule has 1 heterocycles. The van der Waals surface area contributed by atoms with E-state index < -0.39 is 0 Å². The number of hydrogen-bond acceptors (Lipinski definition) is 7. The number of aromatic hydroxyl groups is 1. The Bertz CT molecular complexity index is 1450. The van der Waals surface area contributed by atoms with Gasteiger partial charge in [-0.2, -0.15) is 5.10 Å². The number of carbonyl (C=O) groups excluding carboxylic acids is 1. The minimum absolute atomic E-state index is 0.00769. The first-order valence-electron chi connectivity index (χ1n) is 11.0. The molecule has 0 atom stereocenters. The van der Waals surface area contributed by atoms with Gasteiger partial charge in [0.1, 0.15) is 0 Å². The van der Waals surface area contributed by atoms with Crippen LogP contribution in [0.25, 0.3) is 16.6 Å². The average molecular weight is 489 g/mol. The Morgan fingerprint density at radius 1 is 1.17 bits per heavy atom. The fourth-order valence-electron chi connectivity index (χ4n) is 3.35. The lowest BCUT2D eigenvalue weighted by atomic mass is 10.2. The third-order valence-electron chi connectivity index (χ3n) is 5.06. The highest BCUT2D eigenvalue weighted by Gasteiger charge is 2.14. The summed E-state index contributed by atoms with van der Waals surface area (Å²) in [7, 11) is 0. The number of phenols is 1. The van der Waals surface area contributed by atoms with Gasteiger partial charge in [0.05, 0.1) is 35.2 Å². The summed E-state index contributed by atoms with van der Waals surface area (Å²) in [5.41, 5.74) is 5.26. The van der Waals surface area contributed by atoms with E-state index >= 15 is 0 Å². The van der Waals surface area contributed by atoms with Crippen molar-refractivity contribution in [2.24, 2.45) is 5.10 Å². The van der Waals surface area contributed by atoms with Gasteiger partial charge < -0.3 is 9.84 Å². The van der Waals surface area contributed by atoms with Crippen molar-refractivity contribution < 1.29 is 14.6 Å². The zero-order valence-corrected chi connectivity index (χ0v) is 20.1. The second-order valence-corrected chi connectivity index (χ2v) is 8.57. The second kappa shape index (κ2) is 10.9. The maximum absolute atomic E-state index is 13.3. The molecule has 8 nitrogen and oxygen atoms in total. The fourth-order valence-corrected chi connectivity index (χ4v) is 4.16. The van der Waals surface area contributed by atoms with E-state index in [9.17, 15) is 14.7 Å². The number of hydrogen-bond donors (Lipinski definition) is 2. The lowest BCUT2D eigenvalue weighted by Crippen LogP contribution is -2.24. The summed E-state index contributed by atoms with van der Waals surface area (Å²) in [6, 6.07) is 19.5. The van der Waals surface area contributed by atoms with Crippen molar-refractivity contribution in [2.45, 2.75) is 19.0 Å². The number of benzene rings is 3. The molecule has 0 aliphatic carbocycles. The first-order chi connectivity index (χ1) is 17.0. The number of thioether (sulfide) groups is 1. The molecule has 1 aromatic heterocycles. The summed E-state index contributed by atoms with van der Waals surface area (Å²) >= 11 is 1.15. The maximum Gasteiger partial charge on any atom is 0.266 e. The number of aromatic nitrogens is 2. The molecule has 4 aromatic rings. The van der Waals surface area contributed by atoms with Crippen molar-refractivity contribution in [3.63, 3.8) is 0 Å². The predicted molar refractivity (Wildman–Crippen MR) is 138 cm³/mol. The molecule has 0 saturated heterocycles. The molecule has 0 bridgehead atoms. The molecule has 1 amide bonds. The number of fused-ring (bicyclic) bond motifs is 1. The quantitative estimate of drug-likeness (QED) is 0.168. The molecule has 35 heavy (non-hydrogen) atoms. The first kappa shape index (κ1) is 24.0. The molecule has 3 aromatic carbocycles. The second-order valence-electron chi connectivity index (χ2n) is 7.63. The van der Waals surface area contributed by atoms with Crippen LogP contribution in [0.1, 0.15) is 18.1 Å². The van der Waals surface area contributed by atoms with Crippen molar-refractivity contribution in [1.82, 2.24) is 15.0 Å². The monoisotopic (exact) mass is 488 g/mol. The molecule has 0 aliphatic rings. The van der Waals surface area contributed by atoms with E-state index in [1.165, 1.54) is 16.8 Å². The summed E-state index contributed by atoms with van der Waals surface area (Å²) < 4.78 is 6.87. The molecule has 4 rings (SSSR count). The van der Waals surface area contributed by atoms with Crippen LogP contribution < -0.4 is 15.7 Å². The van der Waals surface area contributed by atoms with Gasteiger partial charge >= 0.3 is 0 Å². The van der Waals surface area contributed by atoms with Gasteiger partial charge in [-0.15, -0.1) is 0 Å². The molecule has 0 unspecified atom stereocenters. The van der Waals surface area contributed by atoms with Crippen molar-refractivity contribution in [3.8, 4) is 17.2 Å². The van der Waals surface area contributed by atoms with Gasteiger partial charge in [-0.1, -0.05) is 41.6 Å². The third-order valence-corrected chi connectivity index (χ3v) is 5.99. The normalized spacial score (nSPS) is 11.1. The van der Waals surface area contributed by atoms with E-state index in [4.69, 9.17) is 4.74 Å². The standard InChI is InChI=1S/C26H24N4O4S/c1-3-34-23-14-18(10-13-22(23)31)15-27-29-24(32)16-35-26-28-21-7-5-4-6-20(21)25(33)30(26)19-11-8-17(2)9-12-19/h4-15,31H,3,16H2,1-2H3,(H,29,32). The zero-order valence-electron chi connectivity index (χ0n) is 19.3. The fraction of sp³-hybridized carbons (Fsp3) is 0.154. The Morgan fingerprint density at radius 3 is 2.71 bits per heavy atom. The van der Waals surface area contributed by atoms with Gasteiger partial charge in [-0.25, -0.2) is 10.4 Å². The van der Waals surface area contributed by atoms with Crippen LogP contribution in [-0.4, -0.2) is 39.1 Å². The van der Waals surface area contributed by atoms with Crippen LogP contribution in [0.5, 0.6) is 11.5 Å². The molecule has 0 spiro atoms. The van der Waals surface area contributed by atoms with E-state index in [1.807, 2.05) is 44.2 Å². The number of carbonyl (C=O) groups is 1. The average Bonchev–Trinajstić information content (AvgIpc) is 2.86. The molecule has 2 N–H and O–H groups in total. The summed E-state index contributed by atoms with van der Waals surface area (Å²) in [4.78, 5) is 30.3. The largest absolute Gasteiger partial charge is 0.504 e. The SMILES string of the molecule is CCOc1cc(C=NNC(=O)CSc2nc3ccccc3c(=O)n2-c2ccc(C)cc2)ccc1O. The van der Waals surface area contributed by atoms with Gasteiger partial charge in [-0.3, -0.25) is 14.2 Å². The number of aryl methyl sites for hydroxylation is 1. The molecule has 0 saturated carbocycles. The van der Waals surface area contributed by atoms with Crippen molar-refractivity contribution in [2.75, 3.05) is 12.4 Å². The van der Waals surface area contributed by atoms with Crippen LogP contribution in [0.15, 0.2) is 81.8 Å². The Morgan fingerprint density at radius 2 is 1.94 bits per heavy atom. The Hall–Kier alpha value is -4.11. The molecule has 0 radical (unpaired) electrons. The minimum Gasteiger partial charge on any atom is -0.504 e. The van der Waals surface area contributed by atoms with Crippen molar-refractivity contribution in [1.29, 1.82) is 0 Å². The first-order valence-corrected chi connectivity index (χ1v) is 11.9. The lowest BCUT2D eigenvalue weighted by Gasteiger charge is -2.13. The van der Waals surface area contributed by atoms with Crippen LogP contribution in [-0.2, 0) is 4.79 Å². The predicted octanol–water partition coefficient (Wildman–Crippen LogP) is 4.04. The molecule has 0 fully saturated rings. The van der Waals surface area contributed by atoms with Crippen LogP contribution >= 0.6 is 11.8 Å². The number of ether oxygens (including phenoxy) is 1. The Balaban J connectivity index is 1.51. The van der Waals surface area contributed by atoms with E-state index in [0.29, 0.717) is 39.7 Å². The van der Waals surface area contributed by atoms with E-state index in [1.54, 1.807) is 30.3 Å². The van der Waals surface area contributed by atoms with Gasteiger partial charge in [0.25, 0.3) is 11.5 Å². The molecular weight excluding hydrogens is 464 g/mol. The highest BCUT2D eigenvalue weighted by Crippen LogP contribution is 2.26. The highest BCUT2D eigenvalue weighted by atomic mass is 32.2. The molecule has 0 aliphatic heterocycles. The van der Waals surface area contributed by atoms with E-state index in [2.05, 4.69) is 15.5 Å². The van der Waals surface area contributed by atoms with E-state index in [0.717, 1.165) is 17.3 Å². The minimum atomic E-state index is -0.354. The van der Waals surface area contributed by atoms with Crippen LogP contribution in [0, 0.1) is 6.92 Å². The van der Waals surface area contributed by atoms with Crippen LogP contribution in [0.3, 0.4) is 0 Å². The maximum atomic E-state index is 13.3. The highest BCUT2D eigenvalue weighted by molar-refractivity contribution is 7.99. The number of nitrogens with zero attached hydrogens (tertiary/aromatic N) is 3. The summed E-state index contributed by atoms with van der Waals surface area (Å²) in [6.07, 6.45) is 1.46. The summed E-state index contributed by atoms with van der Waals surface area (Å²) in [6.45, 7) is 4.21. The topological polar surface area (TPSA) is 106 Å². The van der Waals surface area contributed by atoms with E-state index in [-0.39, 0.29) is 23.0 Å². The van der Waals surface area contributed by atoms with Gasteiger partial charge in [0.2, 0.25) is 0 Å². The Kier molecular flexibility index (Phi) is 7.47. The van der Waals surface area contributed by atoms with Gasteiger partial charge in [-0.05, 0) is 61.9 Å². The van der Waals surface area contributed by atoms with Crippen LogP contribution in [0.4, 0.5) is 0 Å². The van der Waals surface area contributed by atoms with Gasteiger partial charge in [0, 0.05) is 0 Å². The smallest absolute Gasteiger partial charge is 0.266 e. The van der Waals surface area contributed by atoms with Crippen molar-refractivity contribution >= 4 is 34.8 Å². The molecule has 9 heteroatoms. The number of amides is 1. The van der Waals surface area contributed by atoms with Gasteiger partial charge in [0.15, 0.2) is 16.7 Å². The number of phenolic OH excluding ortho intramolecular Hbond substituents is 1. The number of rotatable bonds is 8. The molecular formula is C26H24N4O4S. The zero-order chi connectivity index (χ0) is 24.8. The number of hydrazone groups is 1. The number of para-hydroxylation sites is 1. The lowest BCUT2D eigenvalue weighted by molar-refractivity contribution is -0.118. The van der Waals surface area contributed by atoms with Crippen LogP contribution in [0.2, 0.25) is 0 Å².